The number of cyclic esters (lactones) is 2. The fourth-order valence-electron chi connectivity index (χ4n) is 3.26. The van der Waals surface area contributed by atoms with Crippen LogP contribution in [0.25, 0.3) is 0 Å². The minimum Gasteiger partial charge on any atom is -0.711 e. The predicted molar refractivity (Wildman–Crippen MR) is 89.7 cm³/mol. The molecule has 0 radical (unpaired) electrons. The molecule has 0 bridgehead atoms. The van der Waals surface area contributed by atoms with E-state index in [0.29, 0.717) is 11.3 Å². The Morgan fingerprint density at radius 3 is 2.35 bits per heavy atom. The van der Waals surface area contributed by atoms with Gasteiger partial charge in [-0.05, 0) is 11.6 Å². The molecular formula is C18H21N3O5. The number of hydrogen-bond acceptors (Lipinski definition) is 6. The first kappa shape index (κ1) is 17.9. The van der Waals surface area contributed by atoms with Gasteiger partial charge >= 0.3 is 11.9 Å². The summed E-state index contributed by atoms with van der Waals surface area (Å²) >= 11 is 0. The number of esters is 2. The normalized spacial score (nSPS) is 18.3. The third kappa shape index (κ3) is 2.81. The summed E-state index contributed by atoms with van der Waals surface area (Å²) in [6.45, 7) is 6.46. The van der Waals surface area contributed by atoms with Gasteiger partial charge in [-0.3, -0.25) is 14.6 Å². The zero-order chi connectivity index (χ0) is 19.2. The summed E-state index contributed by atoms with van der Waals surface area (Å²) < 4.78 is 13.0. The molecule has 26 heavy (non-hydrogen) atoms. The molecule has 1 aliphatic rings. The number of carbonyl (C=O) groups excluding carboxylic acids is 2. The van der Waals surface area contributed by atoms with Crippen LogP contribution in [-0.2, 0) is 26.1 Å². The summed E-state index contributed by atoms with van der Waals surface area (Å²) in [7, 11) is 1.72. The van der Waals surface area contributed by atoms with Crippen molar-refractivity contribution in [2.75, 3.05) is 0 Å². The summed E-state index contributed by atoms with van der Waals surface area (Å²) in [5.74, 6) is -4.70. The average Bonchev–Trinajstić information content (AvgIpc) is 2.75. The quantitative estimate of drug-likeness (QED) is 0.354. The van der Waals surface area contributed by atoms with E-state index < -0.39 is 29.6 Å². The van der Waals surface area contributed by atoms with Gasteiger partial charge in [0.2, 0.25) is 0 Å². The first-order chi connectivity index (χ1) is 12.1. The van der Waals surface area contributed by atoms with Crippen molar-refractivity contribution in [3.05, 3.63) is 52.5 Å². The van der Waals surface area contributed by atoms with Gasteiger partial charge in [0.05, 0.1) is 7.05 Å². The first-order valence-corrected chi connectivity index (χ1v) is 8.25. The highest BCUT2D eigenvalue weighted by Gasteiger charge is 2.51. The highest BCUT2D eigenvalue weighted by Crippen LogP contribution is 2.37. The van der Waals surface area contributed by atoms with E-state index in [1.54, 1.807) is 43.8 Å². The molecule has 3 heterocycles. The van der Waals surface area contributed by atoms with Crippen molar-refractivity contribution in [3.8, 4) is 0 Å². The Kier molecular flexibility index (Phi) is 4.21. The monoisotopic (exact) mass is 359 g/mol. The van der Waals surface area contributed by atoms with E-state index in [1.165, 1.54) is 20.0 Å². The number of carbonyl (C=O) groups is 2. The van der Waals surface area contributed by atoms with Crippen LogP contribution in [0.3, 0.4) is 0 Å². The van der Waals surface area contributed by atoms with Crippen LogP contribution in [0.15, 0.2) is 24.5 Å². The molecular weight excluding hydrogens is 338 g/mol. The molecule has 8 heteroatoms. The Morgan fingerprint density at radius 1 is 1.27 bits per heavy atom. The van der Waals surface area contributed by atoms with Crippen LogP contribution in [0.2, 0.25) is 0 Å². The van der Waals surface area contributed by atoms with Gasteiger partial charge in [-0.25, -0.2) is 9.30 Å². The Bertz CT molecular complexity index is 827. The lowest BCUT2D eigenvalue weighted by Gasteiger charge is -2.35. The van der Waals surface area contributed by atoms with Crippen LogP contribution in [0.5, 0.6) is 0 Å². The lowest BCUT2D eigenvalue weighted by Crippen LogP contribution is -2.50. The van der Waals surface area contributed by atoms with E-state index >= 15 is 0 Å². The van der Waals surface area contributed by atoms with Crippen LogP contribution in [0, 0.1) is 25.0 Å². The lowest BCUT2D eigenvalue weighted by atomic mass is 9.85. The fourth-order valence-corrected chi connectivity index (χ4v) is 3.26. The van der Waals surface area contributed by atoms with E-state index in [9.17, 15) is 14.8 Å². The number of hydrogen-bond donors (Lipinski definition) is 0. The number of imidazole rings is 1. The number of nitrogens with zero attached hydrogens (tertiary/aromatic N) is 3. The first-order valence-electron chi connectivity index (χ1n) is 8.25. The standard InChI is InChI=1S/C18H21N3O5/c1-10-11(2)21(24)15(20(10)5)13(12-7-6-8-19-9-12)14-16(22)25-18(3,4)26-17(14)23/h6-9,13-14H,1-5H3/t13-/m0/s1. The number of rotatable bonds is 3. The van der Waals surface area contributed by atoms with Crippen LogP contribution in [-0.4, -0.2) is 27.3 Å². The van der Waals surface area contributed by atoms with Gasteiger partial charge in [-0.15, -0.1) is 0 Å². The fraction of sp³-hybridized carbons (Fsp3) is 0.444. The van der Waals surface area contributed by atoms with Gasteiger partial charge in [-0.2, -0.15) is 0 Å². The van der Waals surface area contributed by atoms with Crippen molar-refractivity contribution in [1.82, 2.24) is 9.55 Å². The van der Waals surface area contributed by atoms with Crippen molar-refractivity contribution in [2.45, 2.75) is 39.4 Å². The van der Waals surface area contributed by atoms with E-state index in [0.717, 1.165) is 10.4 Å². The molecule has 0 amide bonds. The Labute approximate surface area is 150 Å². The largest absolute Gasteiger partial charge is 0.711 e. The summed E-state index contributed by atoms with van der Waals surface area (Å²) in [5.41, 5.74) is 1.78. The summed E-state index contributed by atoms with van der Waals surface area (Å²) in [6, 6.07) is 3.40. The summed E-state index contributed by atoms with van der Waals surface area (Å²) in [6.07, 6.45) is 3.11. The van der Waals surface area contributed by atoms with E-state index in [-0.39, 0.29) is 5.82 Å². The molecule has 3 rings (SSSR count). The molecule has 138 valence electrons. The van der Waals surface area contributed by atoms with Crippen molar-refractivity contribution in [2.24, 2.45) is 13.0 Å². The van der Waals surface area contributed by atoms with Crippen LogP contribution in [0.1, 0.15) is 42.5 Å². The Balaban J connectivity index is 2.20. The zero-order valence-electron chi connectivity index (χ0n) is 15.3. The maximum Gasteiger partial charge on any atom is 0.324 e. The van der Waals surface area contributed by atoms with Gasteiger partial charge in [0.15, 0.2) is 5.92 Å². The molecule has 8 nitrogen and oxygen atoms in total. The smallest absolute Gasteiger partial charge is 0.324 e. The molecule has 0 spiro atoms. The molecule has 0 aromatic carbocycles. The van der Waals surface area contributed by atoms with Gasteiger partial charge in [-0.1, -0.05) is 6.07 Å². The van der Waals surface area contributed by atoms with E-state index in [4.69, 9.17) is 9.47 Å². The molecule has 0 saturated carbocycles. The summed E-state index contributed by atoms with van der Waals surface area (Å²) in [4.78, 5) is 29.4. The van der Waals surface area contributed by atoms with E-state index in [1.807, 2.05) is 0 Å². The number of pyridine rings is 1. The molecule has 1 atom stereocenters. The molecule has 2 aromatic heterocycles. The highest BCUT2D eigenvalue weighted by atomic mass is 16.7. The molecule has 1 aliphatic heterocycles. The van der Waals surface area contributed by atoms with Crippen LogP contribution in [0.4, 0.5) is 0 Å². The number of ether oxygens (including phenoxy) is 2. The molecule has 1 fully saturated rings. The SMILES string of the molecule is Cc1c(C)[n+]([O-])c([C@@H](c2cccnc2)C2C(=O)OC(C)(C)OC2=O)n1C. The topological polar surface area (TPSA) is 97.4 Å². The summed E-state index contributed by atoms with van der Waals surface area (Å²) in [5, 5.41) is 12.8. The second-order valence-corrected chi connectivity index (χ2v) is 6.87. The van der Waals surface area contributed by atoms with E-state index in [2.05, 4.69) is 4.98 Å². The second kappa shape index (κ2) is 6.12. The van der Waals surface area contributed by atoms with Crippen molar-refractivity contribution in [3.63, 3.8) is 0 Å². The van der Waals surface area contributed by atoms with Crippen molar-refractivity contribution in [1.29, 1.82) is 0 Å². The minimum atomic E-state index is -1.34. The van der Waals surface area contributed by atoms with Crippen LogP contribution < -0.4 is 4.73 Å². The van der Waals surface area contributed by atoms with Crippen molar-refractivity contribution >= 4 is 11.9 Å². The van der Waals surface area contributed by atoms with Gasteiger partial charge < -0.3 is 14.7 Å². The Morgan fingerprint density at radius 2 is 1.88 bits per heavy atom. The third-order valence-corrected chi connectivity index (χ3v) is 4.74. The molecule has 0 unspecified atom stereocenters. The molecule has 2 aromatic rings. The Hall–Kier alpha value is -2.90. The zero-order valence-corrected chi connectivity index (χ0v) is 15.3. The molecule has 1 saturated heterocycles. The van der Waals surface area contributed by atoms with Gasteiger partial charge in [0.1, 0.15) is 17.3 Å². The third-order valence-electron chi connectivity index (χ3n) is 4.74. The molecule has 0 aliphatic carbocycles. The lowest BCUT2D eigenvalue weighted by molar-refractivity contribution is -0.621. The van der Waals surface area contributed by atoms with Crippen molar-refractivity contribution < 1.29 is 23.8 Å². The predicted octanol–water partition coefficient (Wildman–Crippen LogP) is 1.25. The number of aromatic nitrogens is 3. The van der Waals surface area contributed by atoms with Gasteiger partial charge in [0.25, 0.3) is 11.6 Å². The maximum atomic E-state index is 12.8. The highest BCUT2D eigenvalue weighted by molar-refractivity contribution is 5.98. The minimum absolute atomic E-state index is 0.256. The molecule has 0 N–H and O–H groups in total. The van der Waals surface area contributed by atoms with Gasteiger partial charge in [0, 0.05) is 40.1 Å². The maximum absolute atomic E-state index is 12.8. The second-order valence-electron chi connectivity index (χ2n) is 6.87. The van der Waals surface area contributed by atoms with Crippen LogP contribution >= 0.6 is 0 Å². The average molecular weight is 359 g/mol.